The van der Waals surface area contributed by atoms with E-state index in [1.54, 1.807) is 19.1 Å². The molecule has 0 spiro atoms. The van der Waals surface area contributed by atoms with Crippen LogP contribution in [0.3, 0.4) is 0 Å². The van der Waals surface area contributed by atoms with Crippen LogP contribution in [-0.4, -0.2) is 0 Å². The number of benzene rings is 2. The van der Waals surface area contributed by atoms with E-state index >= 15 is 0 Å². The van der Waals surface area contributed by atoms with Gasteiger partial charge in [-0.25, -0.2) is 4.39 Å². The summed E-state index contributed by atoms with van der Waals surface area (Å²) in [7, 11) is 0. The Bertz CT molecular complexity index is 555. The Morgan fingerprint density at radius 2 is 1.45 bits per heavy atom. The molecule has 2 aromatic rings. The number of hydrogen-bond donors (Lipinski definition) is 1. The number of rotatable bonds is 0. The van der Waals surface area contributed by atoms with Crippen LogP contribution in [0.2, 0.25) is 0 Å². The average Bonchev–Trinajstić information content (AvgIpc) is 2.52. The normalized spacial score (nSPS) is 7.91. The van der Waals surface area contributed by atoms with E-state index in [0.717, 1.165) is 11.3 Å². The van der Waals surface area contributed by atoms with Crippen LogP contribution in [-0.2, 0) is 0 Å². The highest BCUT2D eigenvalue weighted by molar-refractivity contribution is 5.39. The second kappa shape index (κ2) is 13.6. The lowest BCUT2D eigenvalue weighted by Gasteiger charge is -1.92. The molecule has 3 heteroatoms. The summed E-state index contributed by atoms with van der Waals surface area (Å²) in [6, 6.07) is 14.1. The fraction of sp³-hybridized carbons (Fsp3) is 0.316. The number of nitrogens with zero attached hydrogens (tertiary/aromatic N) is 1. The first kappa shape index (κ1) is 21.9. The second-order valence-corrected chi connectivity index (χ2v) is 4.01. The molecule has 2 rings (SSSR count). The van der Waals surface area contributed by atoms with Gasteiger partial charge >= 0.3 is 0 Å². The summed E-state index contributed by atoms with van der Waals surface area (Å²) in [4.78, 5) is 0. The van der Waals surface area contributed by atoms with Gasteiger partial charge in [-0.05, 0) is 49.2 Å². The van der Waals surface area contributed by atoms with Crippen LogP contribution >= 0.6 is 0 Å². The molecule has 0 radical (unpaired) electrons. The van der Waals surface area contributed by atoms with Crippen LogP contribution < -0.4 is 5.73 Å². The number of anilines is 1. The SMILES string of the molecule is CC.CC.Cc1ccc(C#N)c(F)c1.Cc1cccc(N)c1. The van der Waals surface area contributed by atoms with Gasteiger partial charge in [0.05, 0.1) is 5.56 Å². The molecule has 0 aliphatic rings. The quantitative estimate of drug-likeness (QED) is 0.641. The average molecular weight is 302 g/mol. The molecule has 2 aromatic carbocycles. The minimum Gasteiger partial charge on any atom is -0.399 e. The Morgan fingerprint density at radius 1 is 0.909 bits per heavy atom. The van der Waals surface area contributed by atoms with Crippen molar-refractivity contribution < 1.29 is 4.39 Å². The maximum absolute atomic E-state index is 12.6. The number of nitrogen functional groups attached to an aromatic ring is 1. The molecular weight excluding hydrogens is 275 g/mol. The van der Waals surface area contributed by atoms with E-state index in [9.17, 15) is 4.39 Å². The van der Waals surface area contributed by atoms with Gasteiger partial charge in [-0.3, -0.25) is 0 Å². The van der Waals surface area contributed by atoms with Crippen LogP contribution in [0.4, 0.5) is 10.1 Å². The monoisotopic (exact) mass is 302 g/mol. The molecule has 0 aliphatic carbocycles. The predicted octanol–water partition coefficient (Wildman–Crippen LogP) is 5.64. The molecule has 2 nitrogen and oxygen atoms in total. The Balaban J connectivity index is 0. The molecule has 0 atom stereocenters. The van der Waals surface area contributed by atoms with E-state index in [-0.39, 0.29) is 5.56 Å². The Morgan fingerprint density at radius 3 is 1.82 bits per heavy atom. The van der Waals surface area contributed by atoms with Crippen molar-refractivity contribution in [2.75, 3.05) is 5.73 Å². The van der Waals surface area contributed by atoms with Gasteiger partial charge in [0, 0.05) is 5.69 Å². The number of aryl methyl sites for hydroxylation is 2. The minimum absolute atomic E-state index is 0.102. The summed E-state index contributed by atoms with van der Waals surface area (Å²) >= 11 is 0. The van der Waals surface area contributed by atoms with E-state index in [1.165, 1.54) is 17.7 Å². The number of nitriles is 1. The molecule has 0 fully saturated rings. The predicted molar refractivity (Wildman–Crippen MR) is 94.1 cm³/mol. The zero-order valence-corrected chi connectivity index (χ0v) is 14.4. The van der Waals surface area contributed by atoms with Gasteiger partial charge in [0.1, 0.15) is 11.9 Å². The molecule has 2 N–H and O–H groups in total. The molecule has 22 heavy (non-hydrogen) atoms. The summed E-state index contributed by atoms with van der Waals surface area (Å²) in [5.41, 5.74) is 8.44. The molecule has 120 valence electrons. The van der Waals surface area contributed by atoms with Gasteiger partial charge in [0.25, 0.3) is 0 Å². The van der Waals surface area contributed by atoms with E-state index in [2.05, 4.69) is 0 Å². The van der Waals surface area contributed by atoms with E-state index in [0.29, 0.717) is 0 Å². The van der Waals surface area contributed by atoms with Crippen LogP contribution in [0.25, 0.3) is 0 Å². The Labute approximate surface area is 134 Å². The third-order valence-corrected chi connectivity index (χ3v) is 2.29. The summed E-state index contributed by atoms with van der Waals surface area (Å²) in [6.45, 7) is 11.8. The minimum atomic E-state index is -0.442. The summed E-state index contributed by atoms with van der Waals surface area (Å²) in [5, 5.41) is 8.32. The molecule has 0 amide bonds. The first-order valence-corrected chi connectivity index (χ1v) is 7.51. The van der Waals surface area contributed by atoms with Crippen molar-refractivity contribution in [3.8, 4) is 6.07 Å². The summed E-state index contributed by atoms with van der Waals surface area (Å²) < 4.78 is 12.6. The molecule has 0 aliphatic heterocycles. The first-order chi connectivity index (χ1) is 10.5. The molecule has 0 saturated carbocycles. The molecule has 0 heterocycles. The number of hydrogen-bond acceptors (Lipinski definition) is 2. The Kier molecular flexibility index (Phi) is 13.6. The van der Waals surface area contributed by atoms with Crippen LogP contribution in [0.5, 0.6) is 0 Å². The van der Waals surface area contributed by atoms with E-state index < -0.39 is 5.82 Å². The highest BCUT2D eigenvalue weighted by Gasteiger charge is 1.98. The van der Waals surface area contributed by atoms with Crippen LogP contribution in [0.1, 0.15) is 44.4 Å². The standard InChI is InChI=1S/C8H6FN.C7H9N.2C2H6/c1-6-2-3-7(5-10)8(9)4-6;1-6-3-2-4-7(8)5-6;2*1-2/h2-4H,1H3;2-5H,8H2,1H3;2*1-2H3. The zero-order valence-electron chi connectivity index (χ0n) is 14.4. The van der Waals surface area contributed by atoms with Gasteiger partial charge in [-0.1, -0.05) is 45.9 Å². The zero-order chi connectivity index (χ0) is 17.5. The maximum atomic E-state index is 12.6. The van der Waals surface area contributed by atoms with Crippen molar-refractivity contribution in [3.63, 3.8) is 0 Å². The third-order valence-electron chi connectivity index (χ3n) is 2.29. The fourth-order valence-electron chi connectivity index (χ4n) is 1.38. The lowest BCUT2D eigenvalue weighted by atomic mass is 10.1. The van der Waals surface area contributed by atoms with Gasteiger partial charge < -0.3 is 5.73 Å². The third kappa shape index (κ3) is 9.55. The lowest BCUT2D eigenvalue weighted by Crippen LogP contribution is -1.82. The molecule has 0 saturated heterocycles. The largest absolute Gasteiger partial charge is 0.399 e. The highest BCUT2D eigenvalue weighted by atomic mass is 19.1. The van der Waals surface area contributed by atoms with Crippen molar-refractivity contribution in [2.45, 2.75) is 41.5 Å². The maximum Gasteiger partial charge on any atom is 0.141 e. The highest BCUT2D eigenvalue weighted by Crippen LogP contribution is 2.07. The fourth-order valence-corrected chi connectivity index (χ4v) is 1.38. The van der Waals surface area contributed by atoms with Crippen molar-refractivity contribution in [1.29, 1.82) is 5.26 Å². The van der Waals surface area contributed by atoms with Gasteiger partial charge in [0.15, 0.2) is 0 Å². The van der Waals surface area contributed by atoms with E-state index in [1.807, 2.05) is 58.9 Å². The molecule has 0 aromatic heterocycles. The van der Waals surface area contributed by atoms with Gasteiger partial charge in [-0.2, -0.15) is 5.26 Å². The van der Waals surface area contributed by atoms with Crippen molar-refractivity contribution >= 4 is 5.69 Å². The molecular formula is C19H27FN2. The van der Waals surface area contributed by atoms with Crippen LogP contribution in [0, 0.1) is 31.0 Å². The number of nitrogens with two attached hydrogens (primary N) is 1. The smallest absolute Gasteiger partial charge is 0.141 e. The number of halogens is 1. The van der Waals surface area contributed by atoms with Crippen LogP contribution in [0.15, 0.2) is 42.5 Å². The van der Waals surface area contributed by atoms with Crippen molar-refractivity contribution in [2.24, 2.45) is 0 Å². The molecule has 0 unspecified atom stereocenters. The molecule has 0 bridgehead atoms. The Hall–Kier alpha value is -2.34. The van der Waals surface area contributed by atoms with E-state index in [4.69, 9.17) is 11.0 Å². The second-order valence-electron chi connectivity index (χ2n) is 4.01. The van der Waals surface area contributed by atoms with Gasteiger partial charge in [0.2, 0.25) is 0 Å². The van der Waals surface area contributed by atoms with Crippen molar-refractivity contribution in [1.82, 2.24) is 0 Å². The first-order valence-electron chi connectivity index (χ1n) is 7.51. The lowest BCUT2D eigenvalue weighted by molar-refractivity contribution is 0.623. The van der Waals surface area contributed by atoms with Crippen molar-refractivity contribution in [3.05, 3.63) is 65.0 Å². The topological polar surface area (TPSA) is 49.8 Å². The summed E-state index contributed by atoms with van der Waals surface area (Å²) in [6.07, 6.45) is 0. The van der Waals surface area contributed by atoms with Gasteiger partial charge in [-0.15, -0.1) is 0 Å². The summed E-state index contributed by atoms with van der Waals surface area (Å²) in [5.74, 6) is -0.442.